The predicted molar refractivity (Wildman–Crippen MR) is 70.7 cm³/mol. The molecule has 1 aliphatic rings. The molecule has 0 spiro atoms. The average Bonchev–Trinajstić information content (AvgIpc) is 2.73. The number of amides is 2. The molecule has 1 saturated heterocycles. The van der Waals surface area contributed by atoms with Crippen molar-refractivity contribution in [2.45, 2.75) is 25.8 Å². The molecule has 2 amide bonds. The normalized spacial score (nSPS) is 21.7. The van der Waals surface area contributed by atoms with E-state index in [1.165, 1.54) is 4.90 Å². The predicted octanol–water partition coefficient (Wildman–Crippen LogP) is -0.381. The van der Waals surface area contributed by atoms with Crippen LogP contribution in [0.5, 0.6) is 0 Å². The second-order valence-corrected chi connectivity index (χ2v) is 6.63. The van der Waals surface area contributed by atoms with Crippen molar-refractivity contribution >= 4 is 34.5 Å². The molecule has 0 aliphatic carbocycles. The Hall–Kier alpha value is -0.760. The quantitative estimate of drug-likeness (QED) is 0.692. The minimum atomic E-state index is -3.59. The molecule has 1 fully saturated rings. The molecule has 0 aromatic heterocycles. The van der Waals surface area contributed by atoms with Gasteiger partial charge in [-0.25, -0.2) is 8.42 Å². The molecule has 6 nitrogen and oxygen atoms in total. The Morgan fingerprint density at radius 3 is 2.61 bits per heavy atom. The Bertz CT molecular complexity index is 435. The summed E-state index contributed by atoms with van der Waals surface area (Å²) in [7, 11) is -3.59. The van der Waals surface area contributed by atoms with E-state index in [9.17, 15) is 18.0 Å². The van der Waals surface area contributed by atoms with Crippen LogP contribution < -0.4 is 4.72 Å². The molecule has 8 heteroatoms. The van der Waals surface area contributed by atoms with Crippen molar-refractivity contribution in [1.82, 2.24) is 9.62 Å². The summed E-state index contributed by atoms with van der Waals surface area (Å²) in [6.45, 7) is 2.22. The number of thiol groups is 1. The highest BCUT2D eigenvalue weighted by Crippen LogP contribution is 2.20. The molecule has 1 aliphatic heterocycles. The number of hydrogen-bond donors (Lipinski definition) is 2. The van der Waals surface area contributed by atoms with E-state index in [4.69, 9.17) is 0 Å². The van der Waals surface area contributed by atoms with Gasteiger partial charge in [0.2, 0.25) is 15.9 Å². The van der Waals surface area contributed by atoms with E-state index in [2.05, 4.69) is 12.6 Å². The number of sulfonamides is 1. The highest BCUT2D eigenvalue weighted by atomic mass is 32.2. The van der Waals surface area contributed by atoms with Gasteiger partial charge < -0.3 is 4.90 Å². The third kappa shape index (κ3) is 3.88. The lowest BCUT2D eigenvalue weighted by molar-refractivity contribution is -0.140. The Kier molecular flexibility index (Phi) is 5.03. The van der Waals surface area contributed by atoms with Crippen LogP contribution in [0.25, 0.3) is 0 Å². The van der Waals surface area contributed by atoms with E-state index >= 15 is 0 Å². The first-order valence-corrected chi connectivity index (χ1v) is 8.21. The van der Waals surface area contributed by atoms with Crippen LogP contribution >= 0.6 is 12.6 Å². The number of hydrogen-bond acceptors (Lipinski definition) is 5. The van der Waals surface area contributed by atoms with Crippen LogP contribution in [0.3, 0.4) is 0 Å². The number of rotatable bonds is 4. The van der Waals surface area contributed by atoms with E-state index in [0.29, 0.717) is 25.1 Å². The van der Waals surface area contributed by atoms with Crippen LogP contribution in [-0.2, 0) is 19.6 Å². The lowest BCUT2D eigenvalue weighted by Gasteiger charge is -2.25. The molecule has 0 aromatic carbocycles. The van der Waals surface area contributed by atoms with Gasteiger partial charge in [0.05, 0.1) is 6.26 Å². The van der Waals surface area contributed by atoms with Crippen molar-refractivity contribution < 1.29 is 18.0 Å². The van der Waals surface area contributed by atoms with Crippen molar-refractivity contribution in [3.05, 3.63) is 0 Å². The summed E-state index contributed by atoms with van der Waals surface area (Å²) in [5, 5.41) is 0. The Balaban J connectivity index is 2.76. The number of nitrogens with one attached hydrogen (secondary N) is 1. The summed E-state index contributed by atoms with van der Waals surface area (Å²) in [5.41, 5.74) is 0. The third-order valence-electron chi connectivity index (χ3n) is 2.82. The maximum atomic E-state index is 12.0. The summed E-state index contributed by atoms with van der Waals surface area (Å²) in [6, 6.07) is -0.686. The van der Waals surface area contributed by atoms with Crippen molar-refractivity contribution in [2.24, 2.45) is 5.92 Å². The van der Waals surface area contributed by atoms with Crippen LogP contribution in [0, 0.1) is 5.92 Å². The van der Waals surface area contributed by atoms with E-state index < -0.39 is 22.0 Å². The second-order valence-electron chi connectivity index (χ2n) is 4.51. The molecular weight excluding hydrogens is 276 g/mol. The van der Waals surface area contributed by atoms with Crippen LogP contribution in [0.4, 0.5) is 0 Å². The third-order valence-corrected chi connectivity index (χ3v) is 3.94. The molecule has 18 heavy (non-hydrogen) atoms. The van der Waals surface area contributed by atoms with E-state index in [0.717, 1.165) is 6.26 Å². The van der Waals surface area contributed by atoms with Gasteiger partial charge in [0.15, 0.2) is 0 Å². The molecule has 0 aromatic rings. The van der Waals surface area contributed by atoms with E-state index in [1.807, 2.05) is 4.72 Å². The fourth-order valence-corrected chi connectivity index (χ4v) is 2.57. The van der Waals surface area contributed by atoms with Gasteiger partial charge in [0.1, 0.15) is 6.04 Å². The van der Waals surface area contributed by atoms with Crippen LogP contribution in [-0.4, -0.2) is 49.7 Å². The lowest BCUT2D eigenvalue weighted by atomic mass is 10.1. The van der Waals surface area contributed by atoms with Gasteiger partial charge in [-0.3, -0.25) is 14.3 Å². The van der Waals surface area contributed by atoms with E-state index in [-0.39, 0.29) is 11.8 Å². The summed E-state index contributed by atoms with van der Waals surface area (Å²) < 4.78 is 24.0. The summed E-state index contributed by atoms with van der Waals surface area (Å²) in [6.07, 6.45) is 2.11. The maximum absolute atomic E-state index is 12.0. The zero-order chi connectivity index (χ0) is 13.9. The topological polar surface area (TPSA) is 83.6 Å². The number of nitrogens with zero attached hydrogens (tertiary/aromatic N) is 1. The highest BCUT2D eigenvalue weighted by Gasteiger charge is 2.36. The molecule has 2 atom stereocenters. The standard InChI is InChI=1S/C10H18N2O4S2/c1-7(6-17)10(14)12-5-3-4-8(12)9(13)11-18(2,15)16/h7-8,17H,3-6H2,1-2H3,(H,11,13)/t7-,8+/m1/s1. The molecule has 1 rings (SSSR count). The SMILES string of the molecule is C[C@H](CS)C(=O)N1CCC[C@H]1C(=O)NS(C)(=O)=O. The largest absolute Gasteiger partial charge is 0.330 e. The highest BCUT2D eigenvalue weighted by molar-refractivity contribution is 7.89. The zero-order valence-corrected chi connectivity index (χ0v) is 12.1. The molecule has 1 N–H and O–H groups in total. The lowest BCUT2D eigenvalue weighted by Crippen LogP contribution is -2.48. The molecule has 1 heterocycles. The van der Waals surface area contributed by atoms with Gasteiger partial charge in [-0.1, -0.05) is 6.92 Å². The van der Waals surface area contributed by atoms with Crippen LogP contribution in [0.1, 0.15) is 19.8 Å². The van der Waals surface area contributed by atoms with Gasteiger partial charge in [-0.15, -0.1) is 0 Å². The first kappa shape index (κ1) is 15.3. The molecule has 0 bridgehead atoms. The molecular formula is C10H18N2O4S2. The summed E-state index contributed by atoms with van der Waals surface area (Å²) >= 11 is 4.05. The fourth-order valence-electron chi connectivity index (χ4n) is 1.91. The molecule has 0 radical (unpaired) electrons. The first-order valence-electron chi connectivity index (χ1n) is 5.69. The Morgan fingerprint density at radius 2 is 2.11 bits per heavy atom. The minimum absolute atomic E-state index is 0.156. The molecule has 0 saturated carbocycles. The van der Waals surface area contributed by atoms with Crippen molar-refractivity contribution in [3.63, 3.8) is 0 Å². The zero-order valence-electron chi connectivity index (χ0n) is 10.4. The van der Waals surface area contributed by atoms with Crippen LogP contribution in [0.2, 0.25) is 0 Å². The number of carbonyl (C=O) groups excluding carboxylic acids is 2. The van der Waals surface area contributed by atoms with Gasteiger partial charge in [0, 0.05) is 18.2 Å². The van der Waals surface area contributed by atoms with Crippen molar-refractivity contribution in [1.29, 1.82) is 0 Å². The molecule has 104 valence electrons. The average molecular weight is 294 g/mol. The Labute approximate surface area is 113 Å². The molecule has 0 unspecified atom stereocenters. The monoisotopic (exact) mass is 294 g/mol. The first-order chi connectivity index (χ1) is 8.26. The Morgan fingerprint density at radius 1 is 1.50 bits per heavy atom. The van der Waals surface area contributed by atoms with Gasteiger partial charge in [-0.2, -0.15) is 12.6 Å². The smallest absolute Gasteiger partial charge is 0.256 e. The van der Waals surface area contributed by atoms with Gasteiger partial charge in [0.25, 0.3) is 5.91 Å². The van der Waals surface area contributed by atoms with Crippen LogP contribution in [0.15, 0.2) is 0 Å². The number of carbonyl (C=O) groups is 2. The second kappa shape index (κ2) is 5.92. The van der Waals surface area contributed by atoms with Gasteiger partial charge in [-0.05, 0) is 12.8 Å². The minimum Gasteiger partial charge on any atom is -0.330 e. The summed E-state index contributed by atoms with van der Waals surface area (Å²) in [5.74, 6) is -0.665. The fraction of sp³-hybridized carbons (Fsp3) is 0.800. The van der Waals surface area contributed by atoms with Gasteiger partial charge >= 0.3 is 0 Å². The van der Waals surface area contributed by atoms with Crippen molar-refractivity contribution in [2.75, 3.05) is 18.6 Å². The maximum Gasteiger partial charge on any atom is 0.256 e. The summed E-state index contributed by atoms with van der Waals surface area (Å²) in [4.78, 5) is 25.2. The van der Waals surface area contributed by atoms with Crippen molar-refractivity contribution in [3.8, 4) is 0 Å². The number of likely N-dealkylation sites (tertiary alicyclic amines) is 1. The van der Waals surface area contributed by atoms with E-state index in [1.54, 1.807) is 6.92 Å².